The predicted molar refractivity (Wildman–Crippen MR) is 149 cm³/mol. The molecule has 0 spiro atoms. The minimum absolute atomic E-state index is 0.0179. The maximum atomic E-state index is 14.9. The topological polar surface area (TPSA) is 116 Å². The maximum absolute atomic E-state index is 14.9. The normalized spacial score (nSPS) is 17.0. The molecule has 1 unspecified atom stereocenters. The van der Waals surface area contributed by atoms with Gasteiger partial charge in [-0.25, -0.2) is 13.6 Å². The number of rotatable bonds is 11. The van der Waals surface area contributed by atoms with Crippen LogP contribution in [0.4, 0.5) is 13.6 Å². The molecule has 12 heteroatoms. The molecular formula is C27H33F2N7O2S. The number of hydrazone groups is 1. The highest BCUT2D eigenvalue weighted by Gasteiger charge is 2.49. The van der Waals surface area contributed by atoms with Crippen molar-refractivity contribution in [3.63, 3.8) is 0 Å². The van der Waals surface area contributed by atoms with Crippen LogP contribution >= 0.6 is 11.8 Å². The van der Waals surface area contributed by atoms with E-state index in [0.717, 1.165) is 23.8 Å². The SMILES string of the molecule is CCN(CCCCO)C(=O)N1N=C(c2cc(F)ccc2F)SC1(CCCN/C(=N\C#N)NC)c1ccccc1. The van der Waals surface area contributed by atoms with Crippen molar-refractivity contribution < 1.29 is 18.7 Å². The molecule has 1 atom stereocenters. The first-order valence-electron chi connectivity index (χ1n) is 12.8. The third kappa shape index (κ3) is 7.25. The first kappa shape index (κ1) is 29.9. The molecule has 39 heavy (non-hydrogen) atoms. The Labute approximate surface area is 231 Å². The molecule has 0 saturated heterocycles. The second-order valence-electron chi connectivity index (χ2n) is 8.73. The lowest BCUT2D eigenvalue weighted by molar-refractivity contribution is 0.123. The fourth-order valence-corrected chi connectivity index (χ4v) is 5.66. The molecule has 3 N–H and O–H groups in total. The second kappa shape index (κ2) is 14.5. The van der Waals surface area contributed by atoms with E-state index in [4.69, 9.17) is 5.26 Å². The van der Waals surface area contributed by atoms with Gasteiger partial charge in [0.1, 0.15) is 21.5 Å². The van der Waals surface area contributed by atoms with Gasteiger partial charge in [0.2, 0.25) is 12.2 Å². The molecule has 0 aliphatic carbocycles. The number of guanidine groups is 1. The number of urea groups is 1. The summed E-state index contributed by atoms with van der Waals surface area (Å²) in [4.78, 5) is 18.2. The summed E-state index contributed by atoms with van der Waals surface area (Å²) in [5.74, 6) is -0.926. The molecule has 1 aliphatic rings. The van der Waals surface area contributed by atoms with E-state index in [1.54, 1.807) is 18.1 Å². The van der Waals surface area contributed by atoms with Crippen molar-refractivity contribution in [3.05, 3.63) is 71.3 Å². The Morgan fingerprint density at radius 1 is 1.23 bits per heavy atom. The minimum Gasteiger partial charge on any atom is -0.396 e. The summed E-state index contributed by atoms with van der Waals surface area (Å²) in [5, 5.41) is 30.1. The van der Waals surface area contributed by atoms with Gasteiger partial charge in [0.15, 0.2) is 0 Å². The van der Waals surface area contributed by atoms with Gasteiger partial charge in [0, 0.05) is 38.9 Å². The molecule has 0 radical (unpaired) electrons. The smallest absolute Gasteiger partial charge is 0.342 e. The summed E-state index contributed by atoms with van der Waals surface area (Å²) in [7, 11) is 1.64. The molecule has 1 aliphatic heterocycles. The van der Waals surface area contributed by atoms with Crippen LogP contribution in [-0.4, -0.2) is 65.3 Å². The number of carbonyl (C=O) groups excluding carboxylic acids is 1. The molecule has 208 valence electrons. The Hall–Kier alpha value is -3.69. The van der Waals surface area contributed by atoms with Gasteiger partial charge in [0.25, 0.3) is 0 Å². The fourth-order valence-electron chi connectivity index (χ4n) is 4.25. The first-order chi connectivity index (χ1) is 18.9. The lowest BCUT2D eigenvalue weighted by atomic mass is 10.0. The van der Waals surface area contributed by atoms with E-state index in [1.807, 2.05) is 37.3 Å². The van der Waals surface area contributed by atoms with E-state index in [9.17, 15) is 18.7 Å². The number of nitriles is 1. The van der Waals surface area contributed by atoms with E-state index in [0.29, 0.717) is 51.3 Å². The molecule has 0 saturated carbocycles. The summed E-state index contributed by atoms with van der Waals surface area (Å²) in [6, 6.07) is 12.2. The Morgan fingerprint density at radius 2 is 2.00 bits per heavy atom. The highest BCUT2D eigenvalue weighted by molar-refractivity contribution is 8.15. The molecule has 2 aromatic rings. The molecule has 3 rings (SSSR count). The summed E-state index contributed by atoms with van der Waals surface area (Å²) in [6.45, 7) is 3.14. The Morgan fingerprint density at radius 3 is 2.67 bits per heavy atom. The van der Waals surface area contributed by atoms with Crippen LogP contribution in [0.5, 0.6) is 0 Å². The number of hydrogen-bond donors (Lipinski definition) is 3. The number of thioether (sulfide) groups is 1. The average Bonchev–Trinajstić information content (AvgIpc) is 3.34. The highest BCUT2D eigenvalue weighted by atomic mass is 32.2. The van der Waals surface area contributed by atoms with Gasteiger partial charge in [-0.3, -0.25) is 0 Å². The molecule has 2 amide bonds. The standard InChI is InChI=1S/C27H33F2N7O2S/c1-3-35(16-7-8-17-37)26(38)36-27(20-10-5-4-6-11-20,14-9-15-32-25(31-2)33-19-30)39-24(34-36)22-18-21(28)12-13-23(22)29/h4-6,10-13,18,37H,3,7-9,14-17H2,1-2H3,(H2,31,32,33). The number of nitrogens with zero attached hydrogens (tertiary/aromatic N) is 5. The van der Waals surface area contributed by atoms with Gasteiger partial charge in [-0.05, 0) is 56.4 Å². The number of hydrogen-bond acceptors (Lipinski definition) is 6. The Bertz CT molecular complexity index is 1220. The third-order valence-corrected chi connectivity index (χ3v) is 7.68. The second-order valence-corrected chi connectivity index (χ2v) is 9.99. The Kier molecular flexibility index (Phi) is 11.1. The molecule has 0 aromatic heterocycles. The van der Waals surface area contributed by atoms with Crippen molar-refractivity contribution in [2.45, 2.75) is 37.5 Å². The number of carbonyl (C=O) groups is 1. The number of aliphatic hydroxyl groups excluding tert-OH is 1. The van der Waals surface area contributed by atoms with Gasteiger partial charge >= 0.3 is 6.03 Å². The van der Waals surface area contributed by atoms with Crippen LogP contribution in [0, 0.1) is 23.1 Å². The molecular weight excluding hydrogens is 524 g/mol. The van der Waals surface area contributed by atoms with Gasteiger partial charge < -0.3 is 20.6 Å². The van der Waals surface area contributed by atoms with Gasteiger partial charge in [-0.2, -0.15) is 15.4 Å². The van der Waals surface area contributed by atoms with Crippen molar-refractivity contribution >= 4 is 28.8 Å². The number of unbranched alkanes of at least 4 members (excludes halogenated alkanes) is 1. The third-order valence-electron chi connectivity index (χ3n) is 6.24. The average molecular weight is 558 g/mol. The summed E-state index contributed by atoms with van der Waals surface area (Å²) >= 11 is 1.21. The molecule has 9 nitrogen and oxygen atoms in total. The van der Waals surface area contributed by atoms with E-state index in [1.165, 1.54) is 16.8 Å². The van der Waals surface area contributed by atoms with Crippen molar-refractivity contribution in [1.82, 2.24) is 20.5 Å². The lowest BCUT2D eigenvalue weighted by Crippen LogP contribution is -2.49. The van der Waals surface area contributed by atoms with Crippen LogP contribution in [0.2, 0.25) is 0 Å². The first-order valence-corrected chi connectivity index (χ1v) is 13.6. The van der Waals surface area contributed by atoms with E-state index in [-0.39, 0.29) is 23.2 Å². The number of halogens is 2. The zero-order valence-electron chi connectivity index (χ0n) is 22.0. The Balaban J connectivity index is 2.03. The van der Waals surface area contributed by atoms with E-state index in [2.05, 4.69) is 20.7 Å². The molecule has 2 aromatic carbocycles. The van der Waals surface area contributed by atoms with Gasteiger partial charge in [0.05, 0.1) is 0 Å². The van der Waals surface area contributed by atoms with E-state index < -0.39 is 16.5 Å². The largest absolute Gasteiger partial charge is 0.396 e. The predicted octanol–water partition coefficient (Wildman–Crippen LogP) is 4.17. The van der Waals surface area contributed by atoms with Crippen LogP contribution in [0.15, 0.2) is 58.6 Å². The highest BCUT2D eigenvalue weighted by Crippen LogP contribution is 2.51. The number of benzene rings is 2. The quantitative estimate of drug-likeness (QED) is 0.165. The van der Waals surface area contributed by atoms with Crippen molar-refractivity contribution in [1.29, 1.82) is 5.26 Å². The van der Waals surface area contributed by atoms with Crippen LogP contribution in [-0.2, 0) is 4.87 Å². The summed E-state index contributed by atoms with van der Waals surface area (Å²) < 4.78 is 29.0. The zero-order chi connectivity index (χ0) is 28.3. The number of nitrogens with one attached hydrogen (secondary N) is 2. The number of aliphatic hydroxyl groups is 1. The number of amides is 2. The van der Waals surface area contributed by atoms with Crippen molar-refractivity contribution in [2.24, 2.45) is 10.1 Å². The minimum atomic E-state index is -1.05. The van der Waals surface area contributed by atoms with Crippen molar-refractivity contribution in [2.75, 3.05) is 33.3 Å². The van der Waals surface area contributed by atoms with Crippen molar-refractivity contribution in [3.8, 4) is 6.19 Å². The summed E-state index contributed by atoms with van der Waals surface area (Å²) in [5.41, 5.74) is 0.764. The van der Waals surface area contributed by atoms with E-state index >= 15 is 0 Å². The number of aliphatic imine (C=N–C) groups is 1. The fraction of sp³-hybridized carbons (Fsp3) is 0.407. The van der Waals surface area contributed by atoms with Crippen LogP contribution in [0.1, 0.15) is 43.7 Å². The van der Waals surface area contributed by atoms with Gasteiger partial charge in [-0.1, -0.05) is 42.1 Å². The zero-order valence-corrected chi connectivity index (χ0v) is 22.8. The lowest BCUT2D eigenvalue weighted by Gasteiger charge is -2.38. The van der Waals surface area contributed by atoms with Crippen LogP contribution in [0.3, 0.4) is 0 Å². The maximum Gasteiger partial charge on any atom is 0.342 e. The van der Waals surface area contributed by atoms with Gasteiger partial charge in [-0.15, -0.1) is 4.99 Å². The monoisotopic (exact) mass is 557 g/mol. The molecule has 0 bridgehead atoms. The molecule has 1 heterocycles. The van der Waals surface area contributed by atoms with Crippen LogP contribution in [0.25, 0.3) is 0 Å². The summed E-state index contributed by atoms with van der Waals surface area (Å²) in [6.07, 6.45) is 3.83. The molecule has 0 fully saturated rings. The van der Waals surface area contributed by atoms with Crippen LogP contribution < -0.4 is 10.6 Å².